The molecule has 1 N–H and O–H groups in total. The maximum Gasteiger partial charge on any atom is 0.341 e. The zero-order chi connectivity index (χ0) is 20.3. The third kappa shape index (κ3) is 3.91. The van der Waals surface area contributed by atoms with Gasteiger partial charge in [0.05, 0.1) is 17.1 Å². The van der Waals surface area contributed by atoms with E-state index in [9.17, 15) is 19.7 Å². The molecule has 1 aliphatic carbocycles. The molecule has 0 saturated carbocycles. The molecule has 0 aromatic carbocycles. The van der Waals surface area contributed by atoms with E-state index in [0.717, 1.165) is 36.1 Å². The molecule has 0 aliphatic heterocycles. The fraction of sp³-hybridized carbons (Fsp3) is 0.500. The summed E-state index contributed by atoms with van der Waals surface area (Å²) in [7, 11) is 0. The van der Waals surface area contributed by atoms with Crippen LogP contribution < -0.4 is 5.32 Å². The minimum absolute atomic E-state index is 0.272. The molecule has 0 spiro atoms. The fourth-order valence-corrected chi connectivity index (χ4v) is 4.44. The van der Waals surface area contributed by atoms with Gasteiger partial charge >= 0.3 is 11.7 Å². The number of hydrogen-bond acceptors (Lipinski definition) is 7. The van der Waals surface area contributed by atoms with Gasteiger partial charge in [-0.05, 0) is 44.6 Å². The van der Waals surface area contributed by atoms with Gasteiger partial charge in [0, 0.05) is 11.4 Å². The van der Waals surface area contributed by atoms with Gasteiger partial charge in [0.1, 0.15) is 11.2 Å². The highest BCUT2D eigenvalue weighted by atomic mass is 32.1. The number of aromatic nitrogens is 2. The van der Waals surface area contributed by atoms with E-state index in [4.69, 9.17) is 4.74 Å². The zero-order valence-corrected chi connectivity index (χ0v) is 16.6. The number of anilines is 1. The van der Waals surface area contributed by atoms with Crippen LogP contribution in [0.25, 0.3) is 0 Å². The van der Waals surface area contributed by atoms with E-state index < -0.39 is 16.8 Å². The first-order valence-corrected chi connectivity index (χ1v) is 10.1. The number of nitrogens with zero attached hydrogens (tertiary/aromatic N) is 3. The van der Waals surface area contributed by atoms with Crippen molar-refractivity contribution < 1.29 is 19.2 Å². The first-order chi connectivity index (χ1) is 13.5. The average molecular weight is 406 g/mol. The molecule has 1 aliphatic rings. The predicted octanol–water partition coefficient (Wildman–Crippen LogP) is 3.57. The lowest BCUT2D eigenvalue weighted by Gasteiger charge is -2.12. The Bertz CT molecular complexity index is 917. The second kappa shape index (κ2) is 8.51. The van der Waals surface area contributed by atoms with Crippen LogP contribution in [0.1, 0.15) is 64.4 Å². The molecular weight excluding hydrogens is 384 g/mol. The highest BCUT2D eigenvalue weighted by Gasteiger charge is 2.30. The molecule has 10 heteroatoms. The quantitative estimate of drug-likeness (QED) is 0.427. The van der Waals surface area contributed by atoms with Gasteiger partial charge in [-0.1, -0.05) is 6.92 Å². The Hall–Kier alpha value is -2.75. The number of rotatable bonds is 7. The first kappa shape index (κ1) is 20.0. The number of nitro groups is 1. The van der Waals surface area contributed by atoms with Crippen LogP contribution in [-0.2, 0) is 24.1 Å². The Morgan fingerprint density at radius 1 is 1.36 bits per heavy atom. The molecule has 1 amide bonds. The smallest absolute Gasteiger partial charge is 0.341 e. The number of nitrogens with one attached hydrogen (secondary N) is 1. The number of aryl methyl sites for hydroxylation is 2. The highest BCUT2D eigenvalue weighted by molar-refractivity contribution is 7.17. The standard InChI is InChI=1S/C18H22N4O5S/c1-3-9-27-18(24)14-11-7-5-6-8-13(11)28-17(14)19-16(23)15-12(22(25)26)10-21(4-2)20-15/h10H,3-9H2,1-2H3,(H,19,23). The van der Waals surface area contributed by atoms with Crippen molar-refractivity contribution in [3.8, 4) is 0 Å². The van der Waals surface area contributed by atoms with E-state index in [1.807, 2.05) is 6.92 Å². The van der Waals surface area contributed by atoms with Crippen molar-refractivity contribution in [3.63, 3.8) is 0 Å². The number of ether oxygens (including phenoxy) is 1. The molecule has 0 saturated heterocycles. The lowest BCUT2D eigenvalue weighted by Crippen LogP contribution is -2.17. The van der Waals surface area contributed by atoms with Gasteiger partial charge in [-0.15, -0.1) is 11.3 Å². The summed E-state index contributed by atoms with van der Waals surface area (Å²) in [5.41, 5.74) is 0.655. The van der Waals surface area contributed by atoms with E-state index in [-0.39, 0.29) is 11.4 Å². The Labute approximate surface area is 165 Å². The molecule has 0 fully saturated rings. The topological polar surface area (TPSA) is 116 Å². The molecule has 150 valence electrons. The number of carbonyl (C=O) groups excluding carboxylic acids is 2. The Balaban J connectivity index is 1.95. The van der Waals surface area contributed by atoms with E-state index in [2.05, 4.69) is 10.4 Å². The summed E-state index contributed by atoms with van der Waals surface area (Å²) in [6, 6.07) is 0. The third-order valence-electron chi connectivity index (χ3n) is 4.52. The molecule has 0 atom stereocenters. The second-order valence-corrected chi connectivity index (χ2v) is 7.59. The van der Waals surface area contributed by atoms with Crippen LogP contribution in [0.2, 0.25) is 0 Å². The van der Waals surface area contributed by atoms with Crippen LogP contribution in [0.3, 0.4) is 0 Å². The van der Waals surface area contributed by atoms with Crippen LogP contribution in [0.15, 0.2) is 6.20 Å². The summed E-state index contributed by atoms with van der Waals surface area (Å²) < 4.78 is 6.64. The van der Waals surface area contributed by atoms with Crippen molar-refractivity contribution in [3.05, 3.63) is 38.0 Å². The minimum Gasteiger partial charge on any atom is -0.462 e. The molecule has 2 aromatic rings. The van der Waals surface area contributed by atoms with Gasteiger partial charge in [0.15, 0.2) is 0 Å². The van der Waals surface area contributed by atoms with Crippen LogP contribution in [0.4, 0.5) is 10.7 Å². The van der Waals surface area contributed by atoms with Crippen LogP contribution in [-0.4, -0.2) is 33.2 Å². The maximum atomic E-state index is 12.7. The monoisotopic (exact) mass is 406 g/mol. The van der Waals surface area contributed by atoms with Gasteiger partial charge in [0.25, 0.3) is 5.91 Å². The number of hydrogen-bond donors (Lipinski definition) is 1. The summed E-state index contributed by atoms with van der Waals surface area (Å²) in [5, 5.41) is 18.3. The molecule has 9 nitrogen and oxygen atoms in total. The molecule has 2 heterocycles. The van der Waals surface area contributed by atoms with E-state index in [0.29, 0.717) is 30.1 Å². The Kier molecular flexibility index (Phi) is 6.08. The van der Waals surface area contributed by atoms with E-state index >= 15 is 0 Å². The van der Waals surface area contributed by atoms with Crippen LogP contribution >= 0.6 is 11.3 Å². The van der Waals surface area contributed by atoms with Crippen LogP contribution in [0.5, 0.6) is 0 Å². The number of amides is 1. The van der Waals surface area contributed by atoms with E-state index in [1.54, 1.807) is 6.92 Å². The summed E-state index contributed by atoms with van der Waals surface area (Å²) >= 11 is 1.34. The normalized spacial score (nSPS) is 13.1. The molecule has 2 aromatic heterocycles. The minimum atomic E-state index is -0.706. The molecular formula is C18H22N4O5S. The fourth-order valence-electron chi connectivity index (χ4n) is 3.17. The van der Waals surface area contributed by atoms with Gasteiger partial charge in [-0.3, -0.25) is 19.6 Å². The third-order valence-corrected chi connectivity index (χ3v) is 5.73. The van der Waals surface area contributed by atoms with Gasteiger partial charge < -0.3 is 10.1 Å². The number of esters is 1. The van der Waals surface area contributed by atoms with Gasteiger partial charge in [-0.25, -0.2) is 4.79 Å². The Morgan fingerprint density at radius 2 is 2.11 bits per heavy atom. The highest BCUT2D eigenvalue weighted by Crippen LogP contribution is 2.39. The SMILES string of the molecule is CCCOC(=O)c1c(NC(=O)c2nn(CC)cc2[N+](=O)[O-])sc2c1CCCC2. The summed E-state index contributed by atoms with van der Waals surface area (Å²) in [5.74, 6) is -1.17. The first-order valence-electron chi connectivity index (χ1n) is 9.31. The van der Waals surface area contributed by atoms with Crippen molar-refractivity contribution in [2.24, 2.45) is 0 Å². The lowest BCUT2D eigenvalue weighted by molar-refractivity contribution is -0.385. The Morgan fingerprint density at radius 3 is 2.79 bits per heavy atom. The lowest BCUT2D eigenvalue weighted by atomic mass is 9.95. The molecule has 0 bridgehead atoms. The summed E-state index contributed by atoms with van der Waals surface area (Å²) in [6.45, 7) is 4.37. The van der Waals surface area contributed by atoms with E-state index in [1.165, 1.54) is 22.2 Å². The number of carbonyl (C=O) groups is 2. The van der Waals surface area contributed by atoms with Crippen molar-refractivity contribution in [2.75, 3.05) is 11.9 Å². The number of fused-ring (bicyclic) bond motifs is 1. The van der Waals surface area contributed by atoms with Gasteiger partial charge in [0.2, 0.25) is 5.69 Å². The van der Waals surface area contributed by atoms with Crippen LogP contribution in [0, 0.1) is 10.1 Å². The molecule has 3 rings (SSSR count). The van der Waals surface area contributed by atoms with Crippen molar-refractivity contribution >= 4 is 33.9 Å². The largest absolute Gasteiger partial charge is 0.462 e. The summed E-state index contributed by atoms with van der Waals surface area (Å²) in [4.78, 5) is 37.0. The average Bonchev–Trinajstić information content (AvgIpc) is 3.27. The summed E-state index contributed by atoms with van der Waals surface area (Å²) in [6.07, 6.45) is 5.51. The zero-order valence-electron chi connectivity index (χ0n) is 15.8. The van der Waals surface area contributed by atoms with Crippen molar-refractivity contribution in [1.29, 1.82) is 0 Å². The molecule has 28 heavy (non-hydrogen) atoms. The maximum absolute atomic E-state index is 12.7. The molecule has 0 unspecified atom stereocenters. The molecule has 0 radical (unpaired) electrons. The van der Waals surface area contributed by atoms with Crippen molar-refractivity contribution in [2.45, 2.75) is 52.5 Å². The second-order valence-electron chi connectivity index (χ2n) is 6.48. The van der Waals surface area contributed by atoms with Gasteiger partial charge in [-0.2, -0.15) is 5.10 Å². The number of thiophene rings is 1. The van der Waals surface area contributed by atoms with Crippen molar-refractivity contribution in [1.82, 2.24) is 9.78 Å². The predicted molar refractivity (Wildman–Crippen MR) is 104 cm³/mol.